The lowest BCUT2D eigenvalue weighted by molar-refractivity contribution is -0.146. The fraction of sp³-hybridized carbons (Fsp3) is 0.889. The average molecular weight is 323 g/mol. The number of rotatable bonds is 1. The average Bonchev–Trinajstić information content (AvgIpc) is 2.47. The zero-order valence-corrected chi connectivity index (χ0v) is 15.4. The summed E-state index contributed by atoms with van der Waals surface area (Å²) in [5.41, 5.74) is 5.75. The van der Waals surface area contributed by atoms with Crippen LogP contribution in [0.4, 0.5) is 0 Å². The van der Waals surface area contributed by atoms with E-state index in [1.807, 2.05) is 30.6 Å². The first-order valence-corrected chi connectivity index (χ1v) is 8.86. The van der Waals surface area contributed by atoms with Gasteiger partial charge in [-0.15, -0.1) is 0 Å². The molecule has 0 aromatic heterocycles. The van der Waals surface area contributed by atoms with E-state index >= 15 is 0 Å². The fourth-order valence-corrected chi connectivity index (χ4v) is 3.66. The molecular formula is C18H33N3O2. The summed E-state index contributed by atoms with van der Waals surface area (Å²) in [6.07, 6.45) is 2.65. The van der Waals surface area contributed by atoms with Gasteiger partial charge in [0.25, 0.3) is 0 Å². The molecule has 2 atom stereocenters. The van der Waals surface area contributed by atoms with Crippen LogP contribution in [0.5, 0.6) is 0 Å². The summed E-state index contributed by atoms with van der Waals surface area (Å²) in [6.45, 7) is 12.9. The highest BCUT2D eigenvalue weighted by atomic mass is 16.2. The zero-order chi connectivity index (χ0) is 17.4. The van der Waals surface area contributed by atoms with Crippen molar-refractivity contribution in [2.75, 3.05) is 26.2 Å². The van der Waals surface area contributed by atoms with E-state index in [2.05, 4.69) is 13.8 Å². The Kier molecular flexibility index (Phi) is 5.09. The Morgan fingerprint density at radius 3 is 2.30 bits per heavy atom. The SMILES string of the molecule is CC(C)(C)C(=O)N1CCCC(C(=O)N2CCC(N)C(C)(C)C2)C1. The van der Waals surface area contributed by atoms with E-state index in [-0.39, 0.29) is 34.6 Å². The molecule has 2 unspecified atom stereocenters. The highest BCUT2D eigenvalue weighted by molar-refractivity contribution is 5.84. The second-order valence-electron chi connectivity index (χ2n) is 8.98. The Morgan fingerprint density at radius 2 is 1.74 bits per heavy atom. The number of nitrogens with zero attached hydrogens (tertiary/aromatic N) is 2. The van der Waals surface area contributed by atoms with Crippen molar-refractivity contribution in [3.63, 3.8) is 0 Å². The molecule has 0 aromatic carbocycles. The van der Waals surface area contributed by atoms with Gasteiger partial charge in [-0.3, -0.25) is 9.59 Å². The van der Waals surface area contributed by atoms with Gasteiger partial charge in [-0.2, -0.15) is 0 Å². The van der Waals surface area contributed by atoms with Gasteiger partial charge in [0.2, 0.25) is 11.8 Å². The lowest BCUT2D eigenvalue weighted by Gasteiger charge is -2.44. The predicted molar refractivity (Wildman–Crippen MR) is 91.7 cm³/mol. The molecule has 0 spiro atoms. The highest BCUT2D eigenvalue weighted by Gasteiger charge is 2.39. The first kappa shape index (κ1) is 18.2. The minimum atomic E-state index is -0.384. The van der Waals surface area contributed by atoms with E-state index in [1.165, 1.54) is 0 Å². The predicted octanol–water partition coefficient (Wildman–Crippen LogP) is 1.86. The Hall–Kier alpha value is -1.10. The Balaban J connectivity index is 2.01. The van der Waals surface area contributed by atoms with Crippen LogP contribution in [0.25, 0.3) is 0 Å². The maximum absolute atomic E-state index is 12.9. The zero-order valence-electron chi connectivity index (χ0n) is 15.4. The second kappa shape index (κ2) is 6.42. The summed E-state index contributed by atoms with van der Waals surface area (Å²) >= 11 is 0. The molecule has 2 aliphatic heterocycles. The van der Waals surface area contributed by atoms with E-state index in [0.29, 0.717) is 6.54 Å². The van der Waals surface area contributed by atoms with Crippen molar-refractivity contribution in [2.24, 2.45) is 22.5 Å². The van der Waals surface area contributed by atoms with Crippen molar-refractivity contribution in [1.82, 2.24) is 9.80 Å². The van der Waals surface area contributed by atoms with E-state index in [4.69, 9.17) is 5.73 Å². The van der Waals surface area contributed by atoms with Crippen molar-refractivity contribution in [3.8, 4) is 0 Å². The largest absolute Gasteiger partial charge is 0.342 e. The molecule has 2 amide bonds. The van der Waals surface area contributed by atoms with Gasteiger partial charge < -0.3 is 15.5 Å². The maximum Gasteiger partial charge on any atom is 0.227 e. The molecule has 5 nitrogen and oxygen atoms in total. The van der Waals surface area contributed by atoms with Crippen LogP contribution < -0.4 is 5.73 Å². The highest BCUT2D eigenvalue weighted by Crippen LogP contribution is 2.30. The molecule has 0 aliphatic carbocycles. The van der Waals surface area contributed by atoms with Crippen molar-refractivity contribution in [2.45, 2.75) is 59.9 Å². The number of carbonyl (C=O) groups excluding carboxylic acids is 2. The monoisotopic (exact) mass is 323 g/mol. The van der Waals surface area contributed by atoms with Crippen LogP contribution in [0, 0.1) is 16.7 Å². The topological polar surface area (TPSA) is 66.6 Å². The molecule has 2 saturated heterocycles. The second-order valence-corrected chi connectivity index (χ2v) is 8.98. The molecule has 2 N–H and O–H groups in total. The molecule has 0 bridgehead atoms. The van der Waals surface area contributed by atoms with Crippen LogP contribution in [-0.4, -0.2) is 53.8 Å². The van der Waals surface area contributed by atoms with Gasteiger partial charge in [-0.25, -0.2) is 0 Å². The smallest absolute Gasteiger partial charge is 0.227 e. The van der Waals surface area contributed by atoms with Gasteiger partial charge in [0.15, 0.2) is 0 Å². The van der Waals surface area contributed by atoms with Gasteiger partial charge >= 0.3 is 0 Å². The Bertz CT molecular complexity index is 467. The maximum atomic E-state index is 12.9. The number of hydrogen-bond acceptors (Lipinski definition) is 3. The Labute approximate surface area is 140 Å². The molecule has 0 aromatic rings. The number of piperidine rings is 2. The summed E-state index contributed by atoms with van der Waals surface area (Å²) in [5, 5.41) is 0. The van der Waals surface area contributed by atoms with E-state index in [9.17, 15) is 9.59 Å². The fourth-order valence-electron chi connectivity index (χ4n) is 3.66. The van der Waals surface area contributed by atoms with Crippen LogP contribution in [0.2, 0.25) is 0 Å². The molecule has 0 radical (unpaired) electrons. The van der Waals surface area contributed by atoms with Crippen LogP contribution in [0.15, 0.2) is 0 Å². The third-order valence-electron chi connectivity index (χ3n) is 5.32. The standard InChI is InChI=1S/C18H33N3O2/c1-17(2,3)16(23)20-9-6-7-13(11-20)15(22)21-10-8-14(19)18(4,5)12-21/h13-14H,6-12,19H2,1-5H3. The quantitative estimate of drug-likeness (QED) is 0.801. The summed E-state index contributed by atoms with van der Waals surface area (Å²) in [6, 6.07) is 0.150. The lowest BCUT2D eigenvalue weighted by Crippen LogP contribution is -2.56. The molecule has 2 fully saturated rings. The number of carbonyl (C=O) groups is 2. The Morgan fingerprint density at radius 1 is 1.09 bits per heavy atom. The summed E-state index contributed by atoms with van der Waals surface area (Å²) in [7, 11) is 0. The number of likely N-dealkylation sites (tertiary alicyclic amines) is 2. The number of nitrogens with two attached hydrogens (primary N) is 1. The molecular weight excluding hydrogens is 290 g/mol. The molecule has 2 heterocycles. The minimum Gasteiger partial charge on any atom is -0.342 e. The minimum absolute atomic E-state index is 0.0382. The van der Waals surface area contributed by atoms with Crippen molar-refractivity contribution < 1.29 is 9.59 Å². The third-order valence-corrected chi connectivity index (χ3v) is 5.32. The van der Waals surface area contributed by atoms with E-state index in [1.54, 1.807) is 0 Å². The van der Waals surface area contributed by atoms with Gasteiger partial charge in [0.1, 0.15) is 0 Å². The molecule has 23 heavy (non-hydrogen) atoms. The summed E-state index contributed by atoms with van der Waals surface area (Å²) in [5.74, 6) is 0.299. The molecule has 132 valence electrons. The van der Waals surface area contributed by atoms with Crippen LogP contribution in [-0.2, 0) is 9.59 Å². The van der Waals surface area contributed by atoms with Gasteiger partial charge in [0.05, 0.1) is 5.92 Å². The third kappa shape index (κ3) is 4.06. The van der Waals surface area contributed by atoms with E-state index < -0.39 is 0 Å². The first-order chi connectivity index (χ1) is 10.5. The van der Waals surface area contributed by atoms with Crippen molar-refractivity contribution in [3.05, 3.63) is 0 Å². The van der Waals surface area contributed by atoms with Crippen LogP contribution in [0.3, 0.4) is 0 Å². The molecule has 2 aliphatic rings. The van der Waals surface area contributed by atoms with Gasteiger partial charge in [-0.1, -0.05) is 34.6 Å². The number of amides is 2. The summed E-state index contributed by atoms with van der Waals surface area (Å²) in [4.78, 5) is 29.3. The van der Waals surface area contributed by atoms with Crippen molar-refractivity contribution in [1.29, 1.82) is 0 Å². The van der Waals surface area contributed by atoms with Gasteiger partial charge in [0, 0.05) is 37.6 Å². The molecule has 2 rings (SSSR count). The number of hydrogen-bond donors (Lipinski definition) is 1. The summed E-state index contributed by atoms with van der Waals surface area (Å²) < 4.78 is 0. The van der Waals surface area contributed by atoms with Gasteiger partial charge in [-0.05, 0) is 24.7 Å². The molecule has 5 heteroatoms. The van der Waals surface area contributed by atoms with Crippen LogP contribution in [0.1, 0.15) is 53.9 Å². The lowest BCUT2D eigenvalue weighted by atomic mass is 9.79. The normalized spacial score (nSPS) is 28.6. The van der Waals surface area contributed by atoms with E-state index in [0.717, 1.165) is 38.9 Å². The first-order valence-electron chi connectivity index (χ1n) is 8.86. The van der Waals surface area contributed by atoms with Crippen molar-refractivity contribution >= 4 is 11.8 Å². The van der Waals surface area contributed by atoms with Crippen LogP contribution >= 0.6 is 0 Å². The molecule has 0 saturated carbocycles.